The summed E-state index contributed by atoms with van der Waals surface area (Å²) in [4.78, 5) is 10.7. The molecular weight excluding hydrogens is 210 g/mol. The Bertz CT molecular complexity index is 462. The minimum absolute atomic E-state index is 0.119. The lowest BCUT2D eigenvalue weighted by molar-refractivity contribution is -0.147. The Morgan fingerprint density at radius 2 is 2.19 bits per heavy atom. The second-order valence-corrected chi connectivity index (χ2v) is 3.21. The maximum Gasteiger partial charge on any atom is 0.337 e. The zero-order valence-corrected chi connectivity index (χ0v) is 8.89. The summed E-state index contributed by atoms with van der Waals surface area (Å²) in [5.74, 6) is -1.12. The molecule has 2 N–H and O–H groups in total. The molecular formula is C11H11NO4. The van der Waals surface area contributed by atoms with Gasteiger partial charge >= 0.3 is 5.97 Å². The van der Waals surface area contributed by atoms with Crippen LogP contribution in [0.3, 0.4) is 0 Å². The molecule has 0 saturated carbocycles. The number of hydrogen-bond acceptors (Lipinski definition) is 4. The fourth-order valence-electron chi connectivity index (χ4n) is 1.47. The molecule has 0 aromatic heterocycles. The van der Waals surface area contributed by atoms with Gasteiger partial charge in [-0.2, -0.15) is 5.26 Å². The van der Waals surface area contributed by atoms with Crippen molar-refractivity contribution in [2.75, 3.05) is 7.11 Å². The van der Waals surface area contributed by atoms with Gasteiger partial charge in [0.15, 0.2) is 6.10 Å². The zero-order chi connectivity index (χ0) is 12.3. The third kappa shape index (κ3) is 1.97. The van der Waals surface area contributed by atoms with Crippen molar-refractivity contribution in [2.24, 2.45) is 0 Å². The molecule has 0 amide bonds. The first kappa shape index (κ1) is 12.0. The van der Waals surface area contributed by atoms with Gasteiger partial charge in [0.25, 0.3) is 0 Å². The number of carboxylic acids is 1. The van der Waals surface area contributed by atoms with E-state index in [1.54, 1.807) is 6.92 Å². The second kappa shape index (κ2) is 4.64. The van der Waals surface area contributed by atoms with E-state index in [2.05, 4.69) is 0 Å². The van der Waals surface area contributed by atoms with Gasteiger partial charge < -0.3 is 14.9 Å². The Kier molecular flexibility index (Phi) is 3.48. The van der Waals surface area contributed by atoms with Crippen molar-refractivity contribution in [3.05, 3.63) is 28.8 Å². The molecule has 84 valence electrons. The van der Waals surface area contributed by atoms with Gasteiger partial charge in [-0.1, -0.05) is 0 Å². The fraction of sp³-hybridized carbons (Fsp3) is 0.273. The van der Waals surface area contributed by atoms with Gasteiger partial charge in [-0.3, -0.25) is 0 Å². The van der Waals surface area contributed by atoms with Gasteiger partial charge in [-0.15, -0.1) is 0 Å². The molecule has 0 spiro atoms. The van der Waals surface area contributed by atoms with Gasteiger partial charge in [0.1, 0.15) is 5.75 Å². The van der Waals surface area contributed by atoms with Crippen LogP contribution in [0.15, 0.2) is 12.1 Å². The van der Waals surface area contributed by atoms with Crippen molar-refractivity contribution >= 4 is 5.97 Å². The normalized spacial score (nSPS) is 11.6. The number of nitriles is 1. The molecule has 0 radical (unpaired) electrons. The van der Waals surface area contributed by atoms with Crippen molar-refractivity contribution in [3.8, 4) is 11.8 Å². The molecule has 1 atom stereocenters. The van der Waals surface area contributed by atoms with Crippen LogP contribution in [-0.2, 0) is 4.79 Å². The third-order valence-corrected chi connectivity index (χ3v) is 2.32. The number of carboxylic acid groups (broad SMARTS) is 1. The van der Waals surface area contributed by atoms with Crippen LogP contribution >= 0.6 is 0 Å². The number of nitrogens with zero attached hydrogens (tertiary/aromatic N) is 1. The predicted molar refractivity (Wildman–Crippen MR) is 55.0 cm³/mol. The van der Waals surface area contributed by atoms with Gasteiger partial charge in [0.2, 0.25) is 0 Å². The molecule has 0 aliphatic heterocycles. The highest BCUT2D eigenvalue weighted by atomic mass is 16.5. The highest BCUT2D eigenvalue weighted by molar-refractivity contribution is 5.76. The summed E-state index contributed by atoms with van der Waals surface area (Å²) in [6.45, 7) is 1.57. The summed E-state index contributed by atoms with van der Waals surface area (Å²) in [6, 6.07) is 4.91. The average molecular weight is 221 g/mol. The number of benzene rings is 1. The van der Waals surface area contributed by atoms with E-state index in [0.717, 1.165) is 0 Å². The number of carbonyl (C=O) groups is 1. The van der Waals surface area contributed by atoms with Gasteiger partial charge in [0, 0.05) is 5.56 Å². The van der Waals surface area contributed by atoms with E-state index in [4.69, 9.17) is 15.1 Å². The van der Waals surface area contributed by atoms with E-state index >= 15 is 0 Å². The number of aliphatic hydroxyl groups is 1. The van der Waals surface area contributed by atoms with E-state index in [0.29, 0.717) is 11.1 Å². The Hall–Kier alpha value is -2.06. The zero-order valence-electron chi connectivity index (χ0n) is 8.89. The summed E-state index contributed by atoms with van der Waals surface area (Å²) in [5, 5.41) is 27.1. The third-order valence-electron chi connectivity index (χ3n) is 2.32. The molecule has 5 nitrogen and oxygen atoms in total. The smallest absolute Gasteiger partial charge is 0.337 e. The Labute approximate surface area is 92.5 Å². The molecule has 0 bridgehead atoms. The number of aliphatic carboxylic acids is 1. The van der Waals surface area contributed by atoms with E-state index in [1.807, 2.05) is 6.07 Å². The van der Waals surface area contributed by atoms with Crippen LogP contribution < -0.4 is 4.74 Å². The predicted octanol–water partition coefficient (Wildman–Crippen LogP) is 0.993. The standard InChI is InChI=1S/C11H11NO4/c1-6-7(5-12)3-4-8(16-2)9(6)10(13)11(14)15/h3-4,10,13H,1-2H3,(H,14,15). The lowest BCUT2D eigenvalue weighted by Gasteiger charge is -2.15. The van der Waals surface area contributed by atoms with Crippen LogP contribution in [0.1, 0.15) is 22.8 Å². The maximum absolute atomic E-state index is 10.7. The molecule has 0 fully saturated rings. The van der Waals surface area contributed by atoms with Crippen LogP contribution in [0.2, 0.25) is 0 Å². The van der Waals surface area contributed by atoms with Crippen LogP contribution in [0.5, 0.6) is 5.75 Å². The Morgan fingerprint density at radius 3 is 2.62 bits per heavy atom. The number of rotatable bonds is 3. The first-order valence-electron chi connectivity index (χ1n) is 4.51. The molecule has 1 unspecified atom stereocenters. The Balaban J connectivity index is 3.44. The lowest BCUT2D eigenvalue weighted by atomic mass is 9.97. The summed E-state index contributed by atoms with van der Waals surface area (Å²) < 4.78 is 4.96. The highest BCUT2D eigenvalue weighted by Gasteiger charge is 2.23. The molecule has 0 heterocycles. The summed E-state index contributed by atoms with van der Waals surface area (Å²) in [6.07, 6.45) is -1.69. The van der Waals surface area contributed by atoms with Crippen LogP contribution in [0, 0.1) is 18.3 Å². The van der Waals surface area contributed by atoms with E-state index in [-0.39, 0.29) is 11.3 Å². The Morgan fingerprint density at radius 1 is 1.56 bits per heavy atom. The molecule has 0 saturated heterocycles. The first-order valence-corrected chi connectivity index (χ1v) is 4.51. The van der Waals surface area contributed by atoms with Crippen molar-refractivity contribution in [1.82, 2.24) is 0 Å². The minimum Gasteiger partial charge on any atom is -0.496 e. The molecule has 5 heteroatoms. The quantitative estimate of drug-likeness (QED) is 0.794. The van der Waals surface area contributed by atoms with Gasteiger partial charge in [0.05, 0.1) is 18.7 Å². The van der Waals surface area contributed by atoms with Crippen LogP contribution in [-0.4, -0.2) is 23.3 Å². The SMILES string of the molecule is COc1ccc(C#N)c(C)c1C(O)C(=O)O. The van der Waals surface area contributed by atoms with E-state index in [9.17, 15) is 9.90 Å². The lowest BCUT2D eigenvalue weighted by Crippen LogP contribution is -2.13. The second-order valence-electron chi connectivity index (χ2n) is 3.21. The number of ether oxygens (including phenoxy) is 1. The van der Waals surface area contributed by atoms with Crippen LogP contribution in [0.25, 0.3) is 0 Å². The molecule has 0 aliphatic carbocycles. The molecule has 16 heavy (non-hydrogen) atoms. The number of aliphatic hydroxyl groups excluding tert-OH is 1. The van der Waals surface area contributed by atoms with E-state index in [1.165, 1.54) is 19.2 Å². The molecule has 1 rings (SSSR count). The molecule has 0 aliphatic rings. The summed E-state index contributed by atoms with van der Waals surface area (Å²) >= 11 is 0. The average Bonchev–Trinajstić information content (AvgIpc) is 2.27. The topological polar surface area (TPSA) is 90.5 Å². The van der Waals surface area contributed by atoms with Crippen molar-refractivity contribution in [1.29, 1.82) is 5.26 Å². The monoisotopic (exact) mass is 221 g/mol. The van der Waals surface area contributed by atoms with Crippen molar-refractivity contribution < 1.29 is 19.7 Å². The molecule has 1 aromatic carbocycles. The highest BCUT2D eigenvalue weighted by Crippen LogP contribution is 2.30. The molecule has 1 aromatic rings. The maximum atomic E-state index is 10.7. The van der Waals surface area contributed by atoms with Crippen molar-refractivity contribution in [2.45, 2.75) is 13.0 Å². The first-order chi connectivity index (χ1) is 7.52. The van der Waals surface area contributed by atoms with Crippen molar-refractivity contribution in [3.63, 3.8) is 0 Å². The van der Waals surface area contributed by atoms with Gasteiger partial charge in [-0.25, -0.2) is 4.79 Å². The largest absolute Gasteiger partial charge is 0.496 e. The number of methoxy groups -OCH3 is 1. The minimum atomic E-state index is -1.69. The summed E-state index contributed by atoms with van der Waals surface area (Å²) in [5.41, 5.74) is 0.849. The van der Waals surface area contributed by atoms with Gasteiger partial charge in [-0.05, 0) is 24.6 Å². The van der Waals surface area contributed by atoms with Crippen LogP contribution in [0.4, 0.5) is 0 Å². The number of hydrogen-bond donors (Lipinski definition) is 2. The van der Waals surface area contributed by atoms with E-state index < -0.39 is 12.1 Å². The fourth-order valence-corrected chi connectivity index (χ4v) is 1.47. The summed E-state index contributed by atoms with van der Waals surface area (Å²) in [7, 11) is 1.37.